The minimum atomic E-state index is -0.659. The van der Waals surface area contributed by atoms with E-state index in [1.807, 2.05) is 48.5 Å². The molecule has 0 radical (unpaired) electrons. The molecule has 1 atom stereocenters. The maximum atomic E-state index is 13.2. The molecular weight excluding hydrogens is 470 g/mol. The van der Waals surface area contributed by atoms with Crippen molar-refractivity contribution < 1.29 is 23.8 Å². The Labute approximate surface area is 217 Å². The van der Waals surface area contributed by atoms with E-state index < -0.39 is 6.10 Å². The highest BCUT2D eigenvalue weighted by molar-refractivity contribution is 5.99. The van der Waals surface area contributed by atoms with Gasteiger partial charge in [0, 0.05) is 35.6 Å². The van der Waals surface area contributed by atoms with Gasteiger partial charge in [0.2, 0.25) is 0 Å². The van der Waals surface area contributed by atoms with Gasteiger partial charge in [-0.2, -0.15) is 0 Å². The van der Waals surface area contributed by atoms with Gasteiger partial charge in [-0.1, -0.05) is 38.1 Å². The van der Waals surface area contributed by atoms with Gasteiger partial charge in [-0.25, -0.2) is 4.79 Å². The van der Waals surface area contributed by atoms with Crippen LogP contribution in [-0.2, 0) is 17.9 Å². The fraction of sp³-hybridized carbons (Fsp3) is 0.310. The van der Waals surface area contributed by atoms with Crippen LogP contribution in [0.2, 0.25) is 0 Å². The molecule has 0 spiro atoms. The number of benzene rings is 3. The second-order valence-corrected chi connectivity index (χ2v) is 9.29. The number of para-hydroxylation sites is 1. The minimum Gasteiger partial charge on any atom is -0.493 e. The Kier molecular flexibility index (Phi) is 7.86. The minimum absolute atomic E-state index is 0.141. The number of carbonyl (C=O) groups is 2. The number of nitrogens with one attached hydrogen (secondary N) is 2. The van der Waals surface area contributed by atoms with Crippen molar-refractivity contribution in [2.24, 2.45) is 0 Å². The molecule has 3 aromatic rings. The van der Waals surface area contributed by atoms with Crippen LogP contribution in [0.3, 0.4) is 0 Å². The molecule has 4 rings (SSSR count). The van der Waals surface area contributed by atoms with Gasteiger partial charge < -0.3 is 29.7 Å². The van der Waals surface area contributed by atoms with Crippen LogP contribution in [-0.4, -0.2) is 37.2 Å². The van der Waals surface area contributed by atoms with E-state index in [9.17, 15) is 9.59 Å². The third-order valence-electron chi connectivity index (χ3n) is 6.32. The lowest BCUT2D eigenvalue weighted by Gasteiger charge is -2.24. The quantitative estimate of drug-likeness (QED) is 0.427. The molecule has 1 heterocycles. The zero-order chi connectivity index (χ0) is 26.5. The lowest BCUT2D eigenvalue weighted by atomic mass is 10.0. The van der Waals surface area contributed by atoms with Crippen molar-refractivity contribution in [3.05, 3.63) is 77.4 Å². The Morgan fingerprint density at radius 1 is 1.03 bits per heavy atom. The molecule has 1 unspecified atom stereocenters. The van der Waals surface area contributed by atoms with Gasteiger partial charge in [-0.05, 0) is 54.8 Å². The molecule has 0 saturated heterocycles. The molecule has 1 aliphatic heterocycles. The van der Waals surface area contributed by atoms with Crippen molar-refractivity contribution in [3.8, 4) is 17.2 Å². The summed E-state index contributed by atoms with van der Waals surface area (Å²) in [4.78, 5) is 27.5. The normalized spacial score (nSPS) is 14.9. The first kappa shape index (κ1) is 25.9. The topological polar surface area (TPSA) is 89.1 Å². The monoisotopic (exact) mass is 503 g/mol. The molecule has 2 N–H and O–H groups in total. The number of anilines is 2. The van der Waals surface area contributed by atoms with E-state index in [0.717, 1.165) is 11.1 Å². The zero-order valence-electron chi connectivity index (χ0n) is 21.8. The van der Waals surface area contributed by atoms with E-state index >= 15 is 0 Å². The summed E-state index contributed by atoms with van der Waals surface area (Å²) < 4.78 is 16.9. The SMILES string of the molecule is COc1cccc(CN2Cc3cc(NC(=O)Nc4ccc(C(C)C)cc4)ccc3OC(C)C2=O)c1OC. The Bertz CT molecular complexity index is 1270. The predicted octanol–water partition coefficient (Wildman–Crippen LogP) is 5.78. The van der Waals surface area contributed by atoms with Gasteiger partial charge in [0.05, 0.1) is 14.2 Å². The molecular formula is C29H33N3O5. The van der Waals surface area contributed by atoms with Gasteiger partial charge >= 0.3 is 6.03 Å². The maximum absolute atomic E-state index is 13.2. The highest BCUT2D eigenvalue weighted by atomic mass is 16.5. The average Bonchev–Trinajstić information content (AvgIpc) is 2.99. The summed E-state index contributed by atoms with van der Waals surface area (Å²) in [5.74, 6) is 2.07. The number of methoxy groups -OCH3 is 2. The summed E-state index contributed by atoms with van der Waals surface area (Å²) in [7, 11) is 3.16. The highest BCUT2D eigenvalue weighted by Crippen LogP contribution is 2.34. The third kappa shape index (κ3) is 5.97. The first-order valence-electron chi connectivity index (χ1n) is 12.2. The number of ether oxygens (including phenoxy) is 3. The van der Waals surface area contributed by atoms with E-state index in [1.165, 1.54) is 5.56 Å². The molecule has 3 amide bonds. The average molecular weight is 504 g/mol. The van der Waals surface area contributed by atoms with E-state index in [0.29, 0.717) is 47.6 Å². The van der Waals surface area contributed by atoms with Crippen LogP contribution in [0.1, 0.15) is 43.4 Å². The highest BCUT2D eigenvalue weighted by Gasteiger charge is 2.29. The van der Waals surface area contributed by atoms with Gasteiger partial charge in [0.15, 0.2) is 17.6 Å². The lowest BCUT2D eigenvalue weighted by molar-refractivity contribution is -0.138. The molecule has 37 heavy (non-hydrogen) atoms. The van der Waals surface area contributed by atoms with E-state index in [1.54, 1.807) is 38.2 Å². The molecule has 8 heteroatoms. The Morgan fingerprint density at radius 2 is 1.73 bits per heavy atom. The first-order chi connectivity index (χ1) is 17.8. The van der Waals surface area contributed by atoms with Crippen LogP contribution in [0.5, 0.6) is 17.2 Å². The van der Waals surface area contributed by atoms with Crippen LogP contribution in [0, 0.1) is 0 Å². The molecule has 0 bridgehead atoms. The Hall–Kier alpha value is -4.20. The van der Waals surface area contributed by atoms with E-state index in [2.05, 4.69) is 24.5 Å². The fourth-order valence-corrected chi connectivity index (χ4v) is 4.34. The largest absolute Gasteiger partial charge is 0.493 e. The van der Waals surface area contributed by atoms with Crippen molar-refractivity contribution in [1.29, 1.82) is 0 Å². The second-order valence-electron chi connectivity index (χ2n) is 9.29. The summed E-state index contributed by atoms with van der Waals surface area (Å²) in [5.41, 5.74) is 4.12. The summed E-state index contributed by atoms with van der Waals surface area (Å²) in [6.45, 7) is 6.61. The van der Waals surface area contributed by atoms with Crippen LogP contribution < -0.4 is 24.8 Å². The van der Waals surface area contributed by atoms with Crippen molar-refractivity contribution in [2.75, 3.05) is 24.9 Å². The van der Waals surface area contributed by atoms with Gasteiger partial charge in [-0.3, -0.25) is 4.79 Å². The molecule has 0 fully saturated rings. The van der Waals surface area contributed by atoms with E-state index in [4.69, 9.17) is 14.2 Å². The summed E-state index contributed by atoms with van der Waals surface area (Å²) in [5, 5.41) is 5.73. The van der Waals surface area contributed by atoms with Crippen LogP contribution in [0.4, 0.5) is 16.2 Å². The number of hydrogen-bond donors (Lipinski definition) is 2. The van der Waals surface area contributed by atoms with Crippen LogP contribution in [0.15, 0.2) is 60.7 Å². The van der Waals surface area contributed by atoms with Gasteiger partial charge in [-0.15, -0.1) is 0 Å². The van der Waals surface area contributed by atoms with E-state index in [-0.39, 0.29) is 11.9 Å². The van der Waals surface area contributed by atoms with Gasteiger partial charge in [0.25, 0.3) is 5.91 Å². The molecule has 194 valence electrons. The summed E-state index contributed by atoms with van der Waals surface area (Å²) >= 11 is 0. The first-order valence-corrected chi connectivity index (χ1v) is 12.2. The molecule has 3 aromatic carbocycles. The summed E-state index contributed by atoms with van der Waals surface area (Å²) in [6, 6.07) is 18.4. The van der Waals surface area contributed by atoms with Crippen molar-refractivity contribution in [1.82, 2.24) is 4.90 Å². The van der Waals surface area contributed by atoms with Crippen molar-refractivity contribution >= 4 is 23.3 Å². The molecule has 8 nitrogen and oxygen atoms in total. The number of carbonyl (C=O) groups excluding carboxylic acids is 2. The number of fused-ring (bicyclic) bond motifs is 1. The molecule has 0 aliphatic carbocycles. The lowest BCUT2D eigenvalue weighted by Crippen LogP contribution is -2.37. The smallest absolute Gasteiger partial charge is 0.323 e. The fourth-order valence-electron chi connectivity index (χ4n) is 4.34. The molecule has 0 aromatic heterocycles. The number of rotatable bonds is 7. The zero-order valence-corrected chi connectivity index (χ0v) is 21.8. The number of nitrogens with zero attached hydrogens (tertiary/aromatic N) is 1. The Balaban J connectivity index is 1.51. The molecule has 0 saturated carbocycles. The standard InChI is InChI=1S/C29H33N3O5/c1-18(2)20-9-11-23(12-10-20)30-29(34)31-24-13-14-25-22(15-24)17-32(28(33)19(3)37-25)16-21-7-6-8-26(35-4)27(21)36-5/h6-15,18-19H,16-17H2,1-5H3,(H2,30,31,34). The number of amides is 3. The van der Waals surface area contributed by atoms with Crippen molar-refractivity contribution in [3.63, 3.8) is 0 Å². The maximum Gasteiger partial charge on any atom is 0.323 e. The summed E-state index contributed by atoms with van der Waals surface area (Å²) in [6.07, 6.45) is -0.659. The van der Waals surface area contributed by atoms with Crippen molar-refractivity contribution in [2.45, 2.75) is 45.9 Å². The molecule has 1 aliphatic rings. The van der Waals surface area contributed by atoms with Crippen LogP contribution >= 0.6 is 0 Å². The predicted molar refractivity (Wildman–Crippen MR) is 144 cm³/mol. The third-order valence-corrected chi connectivity index (χ3v) is 6.32. The number of hydrogen-bond acceptors (Lipinski definition) is 5. The second kappa shape index (κ2) is 11.2. The van der Waals surface area contributed by atoms with Crippen LogP contribution in [0.25, 0.3) is 0 Å². The van der Waals surface area contributed by atoms with Gasteiger partial charge in [0.1, 0.15) is 5.75 Å². The number of urea groups is 1. The Morgan fingerprint density at radius 3 is 2.41 bits per heavy atom.